The van der Waals surface area contributed by atoms with Gasteiger partial charge in [0.25, 0.3) is 0 Å². The first-order valence-electron chi connectivity index (χ1n) is 9.27. The Morgan fingerprint density at radius 3 is 2.21 bits per heavy atom. The molecule has 1 aliphatic rings. The first-order chi connectivity index (χ1) is 12.7. The Bertz CT molecular complexity index is 753. The van der Waals surface area contributed by atoms with E-state index in [-0.39, 0.29) is 6.09 Å². The number of fused-ring (bicyclic) bond motifs is 1. The number of rotatable bonds is 1. The van der Waals surface area contributed by atoms with Crippen molar-refractivity contribution in [2.45, 2.75) is 59.3 Å². The molecule has 2 rings (SSSR count). The molecule has 0 saturated heterocycles. The molecule has 1 N–H and O–H groups in total. The van der Waals surface area contributed by atoms with Crippen molar-refractivity contribution in [3.05, 3.63) is 22.2 Å². The fraction of sp³-hybridized carbons (Fsp3) is 0.600. The van der Waals surface area contributed by atoms with Gasteiger partial charge >= 0.3 is 12.2 Å². The van der Waals surface area contributed by atoms with Gasteiger partial charge in [-0.1, -0.05) is 0 Å². The summed E-state index contributed by atoms with van der Waals surface area (Å²) in [5.74, 6) is 0. The van der Waals surface area contributed by atoms with Gasteiger partial charge < -0.3 is 19.3 Å². The minimum Gasteiger partial charge on any atom is -0.444 e. The smallest absolute Gasteiger partial charge is 0.412 e. The number of nitrogens with zero attached hydrogens (tertiary/aromatic N) is 2. The molecule has 7 nitrogen and oxygen atoms in total. The number of carbonyl (C=O) groups is 2. The molecule has 1 aromatic rings. The highest BCUT2D eigenvalue weighted by Gasteiger charge is 2.27. The van der Waals surface area contributed by atoms with Crippen molar-refractivity contribution in [3.8, 4) is 0 Å². The molecule has 0 saturated carbocycles. The molecule has 28 heavy (non-hydrogen) atoms. The highest BCUT2D eigenvalue weighted by atomic mass is 79.9. The van der Waals surface area contributed by atoms with E-state index < -0.39 is 17.3 Å². The molecule has 1 aromatic carbocycles. The van der Waals surface area contributed by atoms with E-state index in [1.165, 1.54) is 0 Å². The minimum atomic E-state index is -0.576. The lowest BCUT2D eigenvalue weighted by Gasteiger charge is -2.26. The standard InChI is InChI=1S/C20H30BrN3O4/c1-19(2,3)27-17(25)22-15-11-16-13(10-14(15)21)12-24(9-8-23(16)7)18(26)28-20(4,5)6/h10-11H,8-9,12H2,1-7H3,(H,22,25). The quantitative estimate of drug-likeness (QED) is 0.645. The Hall–Kier alpha value is -1.96. The number of halogens is 1. The molecule has 0 bridgehead atoms. The summed E-state index contributed by atoms with van der Waals surface area (Å²) < 4.78 is 11.6. The zero-order chi connectivity index (χ0) is 21.3. The van der Waals surface area contributed by atoms with E-state index in [4.69, 9.17) is 9.47 Å². The van der Waals surface area contributed by atoms with Crippen molar-refractivity contribution in [2.75, 3.05) is 30.4 Å². The van der Waals surface area contributed by atoms with Crippen LogP contribution in [0.3, 0.4) is 0 Å². The van der Waals surface area contributed by atoms with Gasteiger partial charge in [0, 0.05) is 30.3 Å². The van der Waals surface area contributed by atoms with Crippen LogP contribution in [0.15, 0.2) is 16.6 Å². The number of amides is 2. The molecule has 0 atom stereocenters. The first-order valence-corrected chi connectivity index (χ1v) is 10.1. The molecule has 156 valence electrons. The van der Waals surface area contributed by atoms with Gasteiger partial charge in [-0.05, 0) is 75.2 Å². The molecule has 0 radical (unpaired) electrons. The number of anilines is 2. The van der Waals surface area contributed by atoms with Crippen LogP contribution in [0.4, 0.5) is 21.0 Å². The average Bonchev–Trinajstić information content (AvgIpc) is 2.64. The SMILES string of the molecule is CN1CCN(C(=O)OC(C)(C)C)Cc2cc(Br)c(NC(=O)OC(C)(C)C)cc21. The summed E-state index contributed by atoms with van der Waals surface area (Å²) in [7, 11) is 1.96. The third-order valence-corrected chi connectivity index (χ3v) is 4.59. The minimum absolute atomic E-state index is 0.333. The van der Waals surface area contributed by atoms with E-state index >= 15 is 0 Å². The molecular weight excluding hydrogens is 426 g/mol. The van der Waals surface area contributed by atoms with E-state index in [2.05, 4.69) is 26.1 Å². The Labute approximate surface area is 175 Å². The van der Waals surface area contributed by atoms with Crippen molar-refractivity contribution in [1.82, 2.24) is 4.90 Å². The second-order valence-electron chi connectivity index (χ2n) is 8.91. The Morgan fingerprint density at radius 1 is 1.04 bits per heavy atom. The van der Waals surface area contributed by atoms with Crippen LogP contribution in [0.2, 0.25) is 0 Å². The third kappa shape index (κ3) is 6.29. The fourth-order valence-corrected chi connectivity index (χ4v) is 3.24. The largest absolute Gasteiger partial charge is 0.444 e. The van der Waals surface area contributed by atoms with Crippen molar-refractivity contribution < 1.29 is 19.1 Å². The topological polar surface area (TPSA) is 71.1 Å². The molecule has 2 amide bonds. The van der Waals surface area contributed by atoms with Crippen LogP contribution in [-0.4, -0.2) is 48.4 Å². The first kappa shape index (κ1) is 22.3. The number of benzene rings is 1. The second-order valence-corrected chi connectivity index (χ2v) is 9.77. The molecule has 0 fully saturated rings. The van der Waals surface area contributed by atoms with E-state index in [1.54, 1.807) is 4.90 Å². The maximum absolute atomic E-state index is 12.5. The van der Waals surface area contributed by atoms with Gasteiger partial charge in [0.2, 0.25) is 0 Å². The van der Waals surface area contributed by atoms with E-state index in [0.29, 0.717) is 25.3 Å². The average molecular weight is 456 g/mol. The summed E-state index contributed by atoms with van der Waals surface area (Å²) in [6.07, 6.45) is -0.847. The van der Waals surface area contributed by atoms with Crippen LogP contribution in [0.25, 0.3) is 0 Å². The summed E-state index contributed by atoms with van der Waals surface area (Å²) in [4.78, 5) is 28.4. The van der Waals surface area contributed by atoms with Crippen molar-refractivity contribution >= 4 is 39.5 Å². The summed E-state index contributed by atoms with van der Waals surface area (Å²) in [6, 6.07) is 3.81. The Morgan fingerprint density at radius 2 is 1.64 bits per heavy atom. The van der Waals surface area contributed by atoms with Gasteiger partial charge in [0.05, 0.1) is 12.2 Å². The van der Waals surface area contributed by atoms with Gasteiger partial charge in [-0.25, -0.2) is 9.59 Å². The van der Waals surface area contributed by atoms with Crippen LogP contribution in [0, 0.1) is 0 Å². The van der Waals surface area contributed by atoms with E-state index in [9.17, 15) is 9.59 Å². The molecule has 0 unspecified atom stereocenters. The van der Waals surface area contributed by atoms with Gasteiger partial charge in [-0.2, -0.15) is 0 Å². The normalized spacial score (nSPS) is 14.9. The van der Waals surface area contributed by atoms with Gasteiger partial charge in [0.15, 0.2) is 0 Å². The fourth-order valence-electron chi connectivity index (χ4n) is 2.75. The molecule has 1 aliphatic heterocycles. The molecule has 1 heterocycles. The van der Waals surface area contributed by atoms with Crippen molar-refractivity contribution in [1.29, 1.82) is 0 Å². The van der Waals surface area contributed by atoms with Crippen LogP contribution in [0.1, 0.15) is 47.1 Å². The van der Waals surface area contributed by atoms with Crippen molar-refractivity contribution in [2.24, 2.45) is 0 Å². The predicted octanol–water partition coefficient (Wildman–Crippen LogP) is 4.98. The molecule has 0 aliphatic carbocycles. The summed E-state index contributed by atoms with van der Waals surface area (Å²) in [5, 5.41) is 2.78. The lowest BCUT2D eigenvalue weighted by Crippen LogP contribution is -2.38. The molecule has 8 heteroatoms. The highest BCUT2D eigenvalue weighted by Crippen LogP contribution is 2.34. The van der Waals surface area contributed by atoms with E-state index in [0.717, 1.165) is 15.7 Å². The molecule has 0 spiro atoms. The van der Waals surface area contributed by atoms with Gasteiger partial charge in [-0.3, -0.25) is 5.32 Å². The van der Waals surface area contributed by atoms with E-state index in [1.807, 2.05) is 60.7 Å². The highest BCUT2D eigenvalue weighted by molar-refractivity contribution is 9.10. The number of ether oxygens (including phenoxy) is 2. The van der Waals surface area contributed by atoms with Crippen LogP contribution in [0.5, 0.6) is 0 Å². The monoisotopic (exact) mass is 455 g/mol. The zero-order valence-electron chi connectivity index (χ0n) is 17.7. The number of carbonyl (C=O) groups excluding carboxylic acids is 2. The van der Waals surface area contributed by atoms with Gasteiger partial charge in [0.1, 0.15) is 11.2 Å². The zero-order valence-corrected chi connectivity index (χ0v) is 19.3. The number of nitrogens with one attached hydrogen (secondary N) is 1. The Kier molecular flexibility index (Phi) is 6.53. The lowest BCUT2D eigenvalue weighted by atomic mass is 10.1. The number of hydrogen-bond donors (Lipinski definition) is 1. The van der Waals surface area contributed by atoms with Crippen molar-refractivity contribution in [3.63, 3.8) is 0 Å². The van der Waals surface area contributed by atoms with Crippen LogP contribution >= 0.6 is 15.9 Å². The molecule has 0 aromatic heterocycles. The summed E-state index contributed by atoms with van der Waals surface area (Å²) in [5.41, 5.74) is 1.41. The maximum atomic E-state index is 12.5. The Balaban J connectivity index is 2.24. The molecular formula is C20H30BrN3O4. The number of likely N-dealkylation sites (N-methyl/N-ethyl adjacent to an activating group) is 1. The summed E-state index contributed by atoms with van der Waals surface area (Å²) in [6.45, 7) is 12.6. The van der Waals surface area contributed by atoms with Crippen LogP contribution < -0.4 is 10.2 Å². The van der Waals surface area contributed by atoms with Crippen LogP contribution in [-0.2, 0) is 16.0 Å². The van der Waals surface area contributed by atoms with Gasteiger partial charge in [-0.15, -0.1) is 0 Å². The second kappa shape index (κ2) is 8.19. The summed E-state index contributed by atoms with van der Waals surface area (Å²) >= 11 is 3.51. The third-order valence-electron chi connectivity index (χ3n) is 3.93. The maximum Gasteiger partial charge on any atom is 0.412 e. The lowest BCUT2D eigenvalue weighted by molar-refractivity contribution is 0.0243. The predicted molar refractivity (Wildman–Crippen MR) is 114 cm³/mol. The number of hydrogen-bond acceptors (Lipinski definition) is 5.